The Hall–Kier alpha value is -2.08. The maximum Gasteiger partial charge on any atom is 0.238 e. The highest BCUT2D eigenvalue weighted by Crippen LogP contribution is 2.19. The van der Waals surface area contributed by atoms with E-state index in [4.69, 9.17) is 4.74 Å². The van der Waals surface area contributed by atoms with Gasteiger partial charge in [0, 0.05) is 17.3 Å². The molecular weight excluding hydrogens is 318 g/mol. The Morgan fingerprint density at radius 3 is 2.72 bits per heavy atom. The molecule has 6 nitrogen and oxygen atoms in total. The fourth-order valence-corrected chi connectivity index (χ4v) is 3.02. The highest BCUT2D eigenvalue weighted by molar-refractivity contribution is 5.93. The molecule has 0 aliphatic carbocycles. The van der Waals surface area contributed by atoms with Crippen molar-refractivity contribution in [2.45, 2.75) is 51.6 Å². The monoisotopic (exact) mass is 347 g/mol. The molecule has 0 radical (unpaired) electrons. The molecule has 2 N–H and O–H groups in total. The second kappa shape index (κ2) is 8.34. The molecule has 0 saturated carbocycles. The van der Waals surface area contributed by atoms with Gasteiger partial charge in [-0.3, -0.25) is 14.5 Å². The van der Waals surface area contributed by atoms with Gasteiger partial charge in [0.2, 0.25) is 11.8 Å². The first kappa shape index (κ1) is 19.2. The molecule has 0 spiro atoms. The Morgan fingerprint density at radius 1 is 1.28 bits per heavy atom. The standard InChI is InChI=1S/C19H29N3O3/c1-19(2,3)21-18(24)16-10-5-6-11-22(16)13-17(23)20-14-8-7-9-15(12-14)25-4/h7-9,12,16H,5-6,10-11,13H2,1-4H3,(H,20,23)(H,21,24). The van der Waals surface area contributed by atoms with E-state index in [1.165, 1.54) is 0 Å². The van der Waals surface area contributed by atoms with Crippen molar-refractivity contribution >= 4 is 17.5 Å². The van der Waals surface area contributed by atoms with Crippen molar-refractivity contribution in [1.82, 2.24) is 10.2 Å². The third kappa shape index (κ3) is 6.05. The Morgan fingerprint density at radius 2 is 2.04 bits per heavy atom. The summed E-state index contributed by atoms with van der Waals surface area (Å²) in [5, 5.41) is 5.91. The minimum Gasteiger partial charge on any atom is -0.497 e. The summed E-state index contributed by atoms with van der Waals surface area (Å²) >= 11 is 0. The quantitative estimate of drug-likeness (QED) is 0.858. The maximum absolute atomic E-state index is 12.5. The van der Waals surface area contributed by atoms with E-state index >= 15 is 0 Å². The largest absolute Gasteiger partial charge is 0.497 e. The average Bonchev–Trinajstić information content (AvgIpc) is 2.53. The van der Waals surface area contributed by atoms with Gasteiger partial charge in [-0.05, 0) is 52.3 Å². The van der Waals surface area contributed by atoms with Crippen molar-refractivity contribution in [1.29, 1.82) is 0 Å². The molecule has 6 heteroatoms. The normalized spacial score (nSPS) is 18.5. The zero-order valence-electron chi connectivity index (χ0n) is 15.6. The van der Waals surface area contributed by atoms with E-state index in [-0.39, 0.29) is 29.9 Å². The molecule has 1 aliphatic heterocycles. The summed E-state index contributed by atoms with van der Waals surface area (Å²) < 4.78 is 5.17. The fourth-order valence-electron chi connectivity index (χ4n) is 3.02. The highest BCUT2D eigenvalue weighted by atomic mass is 16.5. The number of carbonyl (C=O) groups is 2. The number of hydrogen-bond donors (Lipinski definition) is 2. The summed E-state index contributed by atoms with van der Waals surface area (Å²) in [6.07, 6.45) is 2.80. The van der Waals surface area contributed by atoms with Gasteiger partial charge in [-0.1, -0.05) is 12.5 Å². The van der Waals surface area contributed by atoms with E-state index in [9.17, 15) is 9.59 Å². The molecule has 0 aromatic heterocycles. The lowest BCUT2D eigenvalue weighted by Gasteiger charge is -2.35. The van der Waals surface area contributed by atoms with E-state index < -0.39 is 0 Å². The van der Waals surface area contributed by atoms with Crippen molar-refractivity contribution in [2.75, 3.05) is 25.5 Å². The van der Waals surface area contributed by atoms with E-state index in [1.807, 2.05) is 43.9 Å². The van der Waals surface area contributed by atoms with Crippen molar-refractivity contribution in [3.63, 3.8) is 0 Å². The van der Waals surface area contributed by atoms with Crippen LogP contribution in [-0.4, -0.2) is 48.5 Å². The summed E-state index contributed by atoms with van der Waals surface area (Å²) in [6, 6.07) is 7.00. The van der Waals surface area contributed by atoms with Crippen LogP contribution in [0.2, 0.25) is 0 Å². The lowest BCUT2D eigenvalue weighted by molar-refractivity contribution is -0.130. The number of nitrogens with zero attached hydrogens (tertiary/aromatic N) is 1. The van der Waals surface area contributed by atoms with Crippen LogP contribution in [-0.2, 0) is 9.59 Å². The number of piperidine rings is 1. The SMILES string of the molecule is COc1cccc(NC(=O)CN2CCCCC2C(=O)NC(C)(C)C)c1. The van der Waals surface area contributed by atoms with Crippen LogP contribution in [0, 0.1) is 0 Å². The Balaban J connectivity index is 1.97. The molecule has 2 rings (SSSR count). The van der Waals surface area contributed by atoms with Crippen molar-refractivity contribution < 1.29 is 14.3 Å². The molecule has 1 aliphatic rings. The second-order valence-corrected chi connectivity index (χ2v) is 7.50. The van der Waals surface area contributed by atoms with Gasteiger partial charge in [0.15, 0.2) is 0 Å². The van der Waals surface area contributed by atoms with E-state index in [0.717, 1.165) is 25.8 Å². The topological polar surface area (TPSA) is 70.7 Å². The van der Waals surface area contributed by atoms with E-state index in [2.05, 4.69) is 10.6 Å². The van der Waals surface area contributed by atoms with E-state index in [0.29, 0.717) is 11.4 Å². The molecule has 2 amide bonds. The minimum absolute atomic E-state index is 0.00128. The molecule has 0 bridgehead atoms. The average molecular weight is 347 g/mol. The molecule has 1 fully saturated rings. The molecule has 1 aromatic rings. The molecule has 1 saturated heterocycles. The number of anilines is 1. The van der Waals surface area contributed by atoms with Crippen molar-refractivity contribution in [3.05, 3.63) is 24.3 Å². The number of nitrogens with one attached hydrogen (secondary N) is 2. The number of likely N-dealkylation sites (tertiary alicyclic amines) is 1. The first-order valence-electron chi connectivity index (χ1n) is 8.78. The third-order valence-corrected chi connectivity index (χ3v) is 4.11. The van der Waals surface area contributed by atoms with Crippen LogP contribution < -0.4 is 15.4 Å². The summed E-state index contributed by atoms with van der Waals surface area (Å²) in [4.78, 5) is 26.9. The van der Waals surface area contributed by atoms with Gasteiger partial charge in [0.1, 0.15) is 5.75 Å². The Bertz CT molecular complexity index is 610. The Labute approximate surface area is 149 Å². The molecule has 138 valence electrons. The summed E-state index contributed by atoms with van der Waals surface area (Å²) in [7, 11) is 1.59. The first-order valence-corrected chi connectivity index (χ1v) is 8.78. The minimum atomic E-state index is -0.275. The van der Waals surface area contributed by atoms with Gasteiger partial charge in [-0.2, -0.15) is 0 Å². The van der Waals surface area contributed by atoms with Gasteiger partial charge in [-0.25, -0.2) is 0 Å². The number of hydrogen-bond acceptors (Lipinski definition) is 4. The molecule has 1 unspecified atom stereocenters. The second-order valence-electron chi connectivity index (χ2n) is 7.50. The molecule has 1 atom stereocenters. The maximum atomic E-state index is 12.5. The molecule has 25 heavy (non-hydrogen) atoms. The number of amides is 2. The highest BCUT2D eigenvalue weighted by Gasteiger charge is 2.31. The van der Waals surface area contributed by atoms with Gasteiger partial charge >= 0.3 is 0 Å². The number of rotatable bonds is 5. The van der Waals surface area contributed by atoms with Gasteiger partial charge < -0.3 is 15.4 Å². The predicted molar refractivity (Wildman–Crippen MR) is 98.7 cm³/mol. The smallest absolute Gasteiger partial charge is 0.238 e. The summed E-state index contributed by atoms with van der Waals surface area (Å²) in [5.41, 5.74) is 0.417. The van der Waals surface area contributed by atoms with Gasteiger partial charge in [0.05, 0.1) is 19.7 Å². The number of carbonyl (C=O) groups excluding carboxylic acids is 2. The van der Waals surface area contributed by atoms with Gasteiger partial charge in [0.25, 0.3) is 0 Å². The van der Waals surface area contributed by atoms with Crippen LogP contribution in [0.15, 0.2) is 24.3 Å². The first-order chi connectivity index (χ1) is 11.8. The Kier molecular flexibility index (Phi) is 6.42. The summed E-state index contributed by atoms with van der Waals surface area (Å²) in [6.45, 7) is 6.86. The van der Waals surface area contributed by atoms with Crippen molar-refractivity contribution in [2.24, 2.45) is 0 Å². The van der Waals surface area contributed by atoms with E-state index in [1.54, 1.807) is 13.2 Å². The van der Waals surface area contributed by atoms with Crippen LogP contribution in [0.5, 0.6) is 5.75 Å². The number of methoxy groups -OCH3 is 1. The molecule has 1 aromatic carbocycles. The van der Waals surface area contributed by atoms with Crippen LogP contribution >= 0.6 is 0 Å². The number of benzene rings is 1. The fraction of sp³-hybridized carbons (Fsp3) is 0.579. The summed E-state index contributed by atoms with van der Waals surface area (Å²) in [5.74, 6) is 0.572. The van der Waals surface area contributed by atoms with Gasteiger partial charge in [-0.15, -0.1) is 0 Å². The van der Waals surface area contributed by atoms with Crippen molar-refractivity contribution in [3.8, 4) is 5.75 Å². The molecule has 1 heterocycles. The number of ether oxygens (including phenoxy) is 1. The van der Waals surface area contributed by atoms with Crippen LogP contribution in [0.1, 0.15) is 40.0 Å². The third-order valence-electron chi connectivity index (χ3n) is 4.11. The van der Waals surface area contributed by atoms with Crippen LogP contribution in [0.3, 0.4) is 0 Å². The lowest BCUT2D eigenvalue weighted by atomic mass is 9.99. The zero-order chi connectivity index (χ0) is 18.4. The van der Waals surface area contributed by atoms with Crippen LogP contribution in [0.4, 0.5) is 5.69 Å². The zero-order valence-corrected chi connectivity index (χ0v) is 15.6. The van der Waals surface area contributed by atoms with Crippen LogP contribution in [0.25, 0.3) is 0 Å². The predicted octanol–water partition coefficient (Wildman–Crippen LogP) is 2.40. The molecular formula is C19H29N3O3. The lowest BCUT2D eigenvalue weighted by Crippen LogP contribution is -2.55.